The number of morpholine rings is 1. The van der Waals surface area contributed by atoms with Crippen molar-refractivity contribution in [1.29, 1.82) is 0 Å². The Labute approximate surface area is 138 Å². The van der Waals surface area contributed by atoms with E-state index in [-0.39, 0.29) is 5.91 Å². The van der Waals surface area contributed by atoms with E-state index in [1.165, 1.54) is 0 Å². The number of carbonyl (C=O) groups excluding carboxylic acids is 1. The summed E-state index contributed by atoms with van der Waals surface area (Å²) >= 11 is 0. The van der Waals surface area contributed by atoms with E-state index in [4.69, 9.17) is 4.74 Å². The highest BCUT2D eigenvalue weighted by Crippen LogP contribution is 2.06. The first-order valence-electron chi connectivity index (χ1n) is 8.08. The molecule has 2 heterocycles. The number of rotatable bonds is 8. The number of ether oxygens (including phenoxy) is 1. The van der Waals surface area contributed by atoms with Crippen molar-refractivity contribution in [3.05, 3.63) is 24.0 Å². The van der Waals surface area contributed by atoms with Crippen molar-refractivity contribution in [2.24, 2.45) is 0 Å². The number of amides is 1. The lowest BCUT2D eigenvalue weighted by atomic mass is 10.3. The average molecular weight is 321 g/mol. The van der Waals surface area contributed by atoms with Crippen LogP contribution >= 0.6 is 0 Å². The molecule has 7 nitrogen and oxygen atoms in total. The third-order valence-electron chi connectivity index (χ3n) is 3.70. The predicted molar refractivity (Wildman–Crippen MR) is 90.9 cm³/mol. The first-order valence-corrected chi connectivity index (χ1v) is 8.08. The van der Waals surface area contributed by atoms with Crippen molar-refractivity contribution >= 4 is 11.6 Å². The molecule has 2 N–H and O–H groups in total. The molecule has 0 aromatic carbocycles. The minimum atomic E-state index is -0.133. The molecule has 23 heavy (non-hydrogen) atoms. The highest BCUT2D eigenvalue weighted by atomic mass is 16.5. The summed E-state index contributed by atoms with van der Waals surface area (Å²) in [6, 6.07) is 3.65. The van der Waals surface area contributed by atoms with Gasteiger partial charge in [0, 0.05) is 39.3 Å². The van der Waals surface area contributed by atoms with Gasteiger partial charge in [-0.15, -0.1) is 0 Å². The highest BCUT2D eigenvalue weighted by Gasteiger charge is 2.10. The Kier molecular flexibility index (Phi) is 7.25. The van der Waals surface area contributed by atoms with Crippen LogP contribution in [0.5, 0.6) is 0 Å². The van der Waals surface area contributed by atoms with E-state index in [0.29, 0.717) is 12.2 Å². The van der Waals surface area contributed by atoms with E-state index in [0.717, 1.165) is 51.6 Å². The fourth-order valence-electron chi connectivity index (χ4n) is 2.30. The summed E-state index contributed by atoms with van der Waals surface area (Å²) in [4.78, 5) is 20.5. The molecule has 1 fully saturated rings. The van der Waals surface area contributed by atoms with E-state index in [1.807, 2.05) is 25.1 Å². The van der Waals surface area contributed by atoms with Crippen molar-refractivity contribution in [3.63, 3.8) is 0 Å². The summed E-state index contributed by atoms with van der Waals surface area (Å²) in [5.74, 6) is -0.133. The number of nitrogens with one attached hydrogen (secondary N) is 2. The molecule has 1 aliphatic rings. The van der Waals surface area contributed by atoms with Crippen LogP contribution in [0.2, 0.25) is 0 Å². The van der Waals surface area contributed by atoms with Gasteiger partial charge in [-0.25, -0.2) is 4.98 Å². The van der Waals surface area contributed by atoms with Gasteiger partial charge in [-0.3, -0.25) is 9.69 Å². The minimum Gasteiger partial charge on any atom is -0.383 e. The van der Waals surface area contributed by atoms with Crippen LogP contribution in [-0.4, -0.2) is 87.3 Å². The first kappa shape index (κ1) is 17.7. The van der Waals surface area contributed by atoms with Crippen molar-refractivity contribution in [3.8, 4) is 0 Å². The number of likely N-dealkylation sites (N-methyl/N-ethyl adjacent to an activating group) is 1. The molecule has 7 heteroatoms. The lowest BCUT2D eigenvalue weighted by Crippen LogP contribution is -2.39. The maximum Gasteiger partial charge on any atom is 0.269 e. The quantitative estimate of drug-likeness (QED) is 0.709. The molecule has 0 radical (unpaired) electrons. The number of aromatic nitrogens is 1. The normalized spacial score (nSPS) is 15.6. The van der Waals surface area contributed by atoms with Gasteiger partial charge in [0.2, 0.25) is 0 Å². The van der Waals surface area contributed by atoms with Crippen molar-refractivity contribution in [2.45, 2.75) is 0 Å². The number of anilines is 1. The summed E-state index contributed by atoms with van der Waals surface area (Å²) in [5, 5.41) is 6.19. The molecule has 2 rings (SSSR count). The molecule has 0 atom stereocenters. The summed E-state index contributed by atoms with van der Waals surface area (Å²) in [5.41, 5.74) is 1.38. The average Bonchev–Trinajstić information content (AvgIpc) is 2.56. The van der Waals surface area contributed by atoms with Crippen molar-refractivity contribution in [1.82, 2.24) is 20.1 Å². The molecule has 1 aromatic heterocycles. The Hall–Kier alpha value is -1.70. The number of hydrogen-bond acceptors (Lipinski definition) is 6. The van der Waals surface area contributed by atoms with Crippen LogP contribution < -0.4 is 10.6 Å². The van der Waals surface area contributed by atoms with Crippen LogP contribution in [0, 0.1) is 0 Å². The largest absolute Gasteiger partial charge is 0.383 e. The Bertz CT molecular complexity index is 472. The zero-order chi connectivity index (χ0) is 16.5. The summed E-state index contributed by atoms with van der Waals surface area (Å²) in [6.07, 6.45) is 1.71. The van der Waals surface area contributed by atoms with E-state index < -0.39 is 0 Å². The standard InChI is InChI=1S/C16H27N5O2/c1-20(2)7-5-18-16(22)15-4-3-14(13-19-15)17-6-8-21-9-11-23-12-10-21/h3-4,13,17H,5-12H2,1-2H3,(H,18,22). The molecule has 0 aliphatic carbocycles. The van der Waals surface area contributed by atoms with Gasteiger partial charge >= 0.3 is 0 Å². The fourth-order valence-corrected chi connectivity index (χ4v) is 2.30. The molecule has 1 amide bonds. The number of nitrogens with zero attached hydrogens (tertiary/aromatic N) is 3. The van der Waals surface area contributed by atoms with Crippen molar-refractivity contribution < 1.29 is 9.53 Å². The molecular formula is C16H27N5O2. The molecule has 0 saturated carbocycles. The lowest BCUT2D eigenvalue weighted by molar-refractivity contribution is 0.0398. The van der Waals surface area contributed by atoms with Crippen LogP contribution in [0.4, 0.5) is 5.69 Å². The Morgan fingerprint density at radius 1 is 1.30 bits per heavy atom. The molecule has 0 bridgehead atoms. The summed E-state index contributed by atoms with van der Waals surface area (Å²) in [7, 11) is 3.95. The monoisotopic (exact) mass is 321 g/mol. The van der Waals surface area contributed by atoms with E-state index in [2.05, 4.69) is 20.5 Å². The van der Waals surface area contributed by atoms with E-state index in [1.54, 1.807) is 12.3 Å². The minimum absolute atomic E-state index is 0.133. The maximum absolute atomic E-state index is 11.9. The predicted octanol–water partition coefficient (Wildman–Crippen LogP) is 0.117. The molecule has 128 valence electrons. The highest BCUT2D eigenvalue weighted by molar-refractivity contribution is 5.92. The van der Waals surface area contributed by atoms with Gasteiger partial charge in [0.05, 0.1) is 25.1 Å². The van der Waals surface area contributed by atoms with Gasteiger partial charge in [0.15, 0.2) is 0 Å². The Morgan fingerprint density at radius 2 is 2.09 bits per heavy atom. The number of carbonyl (C=O) groups is 1. The second-order valence-corrected chi connectivity index (χ2v) is 5.87. The van der Waals surface area contributed by atoms with Crippen molar-refractivity contribution in [2.75, 3.05) is 71.9 Å². The Balaban J connectivity index is 1.70. The molecule has 0 unspecified atom stereocenters. The number of hydrogen-bond donors (Lipinski definition) is 2. The summed E-state index contributed by atoms with van der Waals surface area (Å²) in [6.45, 7) is 6.89. The van der Waals surface area contributed by atoms with E-state index in [9.17, 15) is 4.79 Å². The third-order valence-corrected chi connectivity index (χ3v) is 3.70. The summed E-state index contributed by atoms with van der Waals surface area (Å²) < 4.78 is 5.33. The zero-order valence-corrected chi connectivity index (χ0v) is 14.0. The molecule has 1 saturated heterocycles. The Morgan fingerprint density at radius 3 is 2.74 bits per heavy atom. The molecule has 1 aliphatic heterocycles. The van der Waals surface area contributed by atoms with E-state index >= 15 is 0 Å². The SMILES string of the molecule is CN(C)CCNC(=O)c1ccc(NCCN2CCOCC2)cn1. The third kappa shape index (κ3) is 6.52. The smallest absolute Gasteiger partial charge is 0.269 e. The van der Waals surface area contributed by atoms with Gasteiger partial charge in [-0.1, -0.05) is 0 Å². The molecule has 1 aromatic rings. The topological polar surface area (TPSA) is 69.7 Å². The zero-order valence-electron chi connectivity index (χ0n) is 14.0. The second-order valence-electron chi connectivity index (χ2n) is 5.87. The van der Waals surface area contributed by atoms with Crippen LogP contribution in [0.3, 0.4) is 0 Å². The second kappa shape index (κ2) is 9.44. The number of pyridine rings is 1. The van der Waals surface area contributed by atoms with Crippen LogP contribution in [0.15, 0.2) is 18.3 Å². The van der Waals surface area contributed by atoms with Gasteiger partial charge in [-0.2, -0.15) is 0 Å². The van der Waals surface area contributed by atoms with Crippen LogP contribution in [0.1, 0.15) is 10.5 Å². The molecular weight excluding hydrogens is 294 g/mol. The van der Waals surface area contributed by atoms with Crippen LogP contribution in [-0.2, 0) is 4.74 Å². The van der Waals surface area contributed by atoms with Crippen LogP contribution in [0.25, 0.3) is 0 Å². The first-order chi connectivity index (χ1) is 11.1. The van der Waals surface area contributed by atoms with Gasteiger partial charge < -0.3 is 20.3 Å². The van der Waals surface area contributed by atoms with Gasteiger partial charge in [0.25, 0.3) is 5.91 Å². The lowest BCUT2D eigenvalue weighted by Gasteiger charge is -2.26. The van der Waals surface area contributed by atoms with Gasteiger partial charge in [-0.05, 0) is 26.2 Å². The van der Waals surface area contributed by atoms with Gasteiger partial charge in [0.1, 0.15) is 5.69 Å². The molecule has 0 spiro atoms. The fraction of sp³-hybridized carbons (Fsp3) is 0.625. The maximum atomic E-state index is 11.9.